The van der Waals surface area contributed by atoms with Gasteiger partial charge in [-0.1, -0.05) is 19.9 Å². The molecular weight excluding hydrogens is 439 g/mol. The highest BCUT2D eigenvalue weighted by Crippen LogP contribution is 2.39. The molecule has 34 heavy (non-hydrogen) atoms. The van der Waals surface area contributed by atoms with Crippen LogP contribution < -0.4 is 4.90 Å². The fourth-order valence-corrected chi connectivity index (χ4v) is 5.17. The number of aromatic nitrogens is 2. The van der Waals surface area contributed by atoms with Gasteiger partial charge >= 0.3 is 6.18 Å². The van der Waals surface area contributed by atoms with Gasteiger partial charge in [0.1, 0.15) is 5.82 Å². The first-order valence-corrected chi connectivity index (χ1v) is 12.5. The standard InChI is InChI=1S/C26H34F3N5/c1-19(2)21-16-30-34(17-21)25(20-8-9-20)33-14-12-31(13-15-33)18-22-23(26(27,28)29)6-5-7-24(22)32-10-3-4-11-32/h5-7,16-17,19H,3-4,8-15,18H2,1-2H3. The molecule has 0 unspecified atom stereocenters. The fourth-order valence-electron chi connectivity index (χ4n) is 5.17. The van der Waals surface area contributed by atoms with Crippen molar-refractivity contribution in [2.75, 3.05) is 44.2 Å². The van der Waals surface area contributed by atoms with Crippen LogP contribution >= 0.6 is 0 Å². The third kappa shape index (κ3) is 4.83. The average Bonchev–Trinajstić information content (AvgIpc) is 3.26. The molecule has 0 radical (unpaired) electrons. The molecule has 3 fully saturated rings. The Morgan fingerprint density at radius 3 is 2.29 bits per heavy atom. The number of alkyl halides is 3. The molecule has 0 N–H and O–H groups in total. The summed E-state index contributed by atoms with van der Waals surface area (Å²) in [7, 11) is 0. The molecule has 1 saturated carbocycles. The molecule has 1 aromatic heterocycles. The molecule has 2 aromatic rings. The lowest BCUT2D eigenvalue weighted by Crippen LogP contribution is -2.46. The summed E-state index contributed by atoms with van der Waals surface area (Å²) >= 11 is 0. The molecule has 3 heterocycles. The van der Waals surface area contributed by atoms with Crippen LogP contribution in [0.1, 0.15) is 62.1 Å². The van der Waals surface area contributed by atoms with E-state index in [-0.39, 0.29) is 0 Å². The summed E-state index contributed by atoms with van der Waals surface area (Å²) in [6.45, 7) is 9.40. The first-order valence-electron chi connectivity index (χ1n) is 12.5. The highest BCUT2D eigenvalue weighted by Gasteiger charge is 2.36. The summed E-state index contributed by atoms with van der Waals surface area (Å²) in [6, 6.07) is 4.66. The minimum absolute atomic E-state index is 0.334. The third-order valence-corrected chi connectivity index (χ3v) is 7.26. The number of benzene rings is 1. The van der Waals surface area contributed by atoms with E-state index in [2.05, 4.69) is 39.8 Å². The van der Waals surface area contributed by atoms with Gasteiger partial charge in [0.25, 0.3) is 0 Å². The smallest absolute Gasteiger partial charge is 0.371 e. The number of piperazine rings is 1. The molecule has 3 aliphatic rings. The van der Waals surface area contributed by atoms with E-state index in [4.69, 9.17) is 0 Å². The Morgan fingerprint density at radius 1 is 1.00 bits per heavy atom. The topological polar surface area (TPSA) is 27.5 Å². The zero-order valence-electron chi connectivity index (χ0n) is 20.1. The van der Waals surface area contributed by atoms with Crippen LogP contribution in [-0.4, -0.2) is 58.8 Å². The van der Waals surface area contributed by atoms with E-state index >= 15 is 0 Å². The molecule has 0 bridgehead atoms. The molecule has 5 rings (SSSR count). The molecule has 0 atom stereocenters. The highest BCUT2D eigenvalue weighted by molar-refractivity contribution is 5.58. The Labute approximate surface area is 199 Å². The maximum absolute atomic E-state index is 13.9. The second-order valence-corrected chi connectivity index (χ2v) is 10.1. The van der Waals surface area contributed by atoms with Crippen LogP contribution in [0.4, 0.5) is 18.9 Å². The molecule has 2 saturated heterocycles. The first-order chi connectivity index (χ1) is 16.3. The highest BCUT2D eigenvalue weighted by atomic mass is 19.4. The van der Waals surface area contributed by atoms with Gasteiger partial charge in [0.15, 0.2) is 0 Å². The van der Waals surface area contributed by atoms with Crippen molar-refractivity contribution in [3.05, 3.63) is 52.9 Å². The lowest BCUT2D eigenvalue weighted by Gasteiger charge is -2.38. The van der Waals surface area contributed by atoms with E-state index in [0.29, 0.717) is 18.0 Å². The van der Waals surface area contributed by atoms with Crippen molar-refractivity contribution in [1.82, 2.24) is 19.6 Å². The van der Waals surface area contributed by atoms with E-state index in [0.717, 1.165) is 70.6 Å². The van der Waals surface area contributed by atoms with E-state index < -0.39 is 11.7 Å². The third-order valence-electron chi connectivity index (χ3n) is 7.26. The van der Waals surface area contributed by atoms with Crippen molar-refractivity contribution in [2.45, 2.75) is 58.2 Å². The number of hydrogen-bond donors (Lipinski definition) is 0. The minimum Gasteiger partial charge on any atom is -0.371 e. The summed E-state index contributed by atoms with van der Waals surface area (Å²) in [6.07, 6.45) is 4.01. The molecular formula is C26H34F3N5. The predicted molar refractivity (Wildman–Crippen MR) is 129 cm³/mol. The second-order valence-electron chi connectivity index (χ2n) is 10.1. The number of halogens is 3. The van der Waals surface area contributed by atoms with Crippen LogP contribution in [0.3, 0.4) is 0 Å². The number of anilines is 1. The summed E-state index contributed by atoms with van der Waals surface area (Å²) in [5, 5.41) is 4.63. The molecule has 0 spiro atoms. The van der Waals surface area contributed by atoms with Crippen molar-refractivity contribution in [2.24, 2.45) is 0 Å². The summed E-state index contributed by atoms with van der Waals surface area (Å²) in [5.41, 5.74) is 3.34. The lowest BCUT2D eigenvalue weighted by molar-refractivity contribution is -0.138. The Balaban J connectivity index is 1.32. The van der Waals surface area contributed by atoms with E-state index in [1.807, 2.05) is 16.9 Å². The van der Waals surface area contributed by atoms with Crippen LogP contribution in [0.5, 0.6) is 0 Å². The molecule has 1 aliphatic carbocycles. The Morgan fingerprint density at radius 2 is 1.71 bits per heavy atom. The zero-order valence-corrected chi connectivity index (χ0v) is 20.1. The molecule has 184 valence electrons. The van der Waals surface area contributed by atoms with E-state index in [9.17, 15) is 13.2 Å². The van der Waals surface area contributed by atoms with Crippen molar-refractivity contribution in [1.29, 1.82) is 0 Å². The number of allylic oxidation sites excluding steroid dienone is 1. The van der Waals surface area contributed by atoms with E-state index in [1.165, 1.54) is 23.0 Å². The molecule has 0 amide bonds. The van der Waals surface area contributed by atoms with Gasteiger partial charge in [-0.05, 0) is 54.9 Å². The summed E-state index contributed by atoms with van der Waals surface area (Å²) in [5.74, 6) is 1.61. The first kappa shape index (κ1) is 23.3. The van der Waals surface area contributed by atoms with Crippen molar-refractivity contribution in [3.8, 4) is 0 Å². The fraction of sp³-hybridized carbons (Fsp3) is 0.577. The SMILES string of the molecule is CC(C)c1cnn(C(=C2CC2)N2CCN(Cc3c(N4CCCC4)cccc3C(F)(F)F)CC2)c1. The quantitative estimate of drug-likeness (QED) is 0.561. The van der Waals surface area contributed by atoms with Crippen LogP contribution in [0.2, 0.25) is 0 Å². The summed E-state index contributed by atoms with van der Waals surface area (Å²) < 4.78 is 43.8. The Hall–Kier alpha value is -2.48. The molecule has 8 heteroatoms. The largest absolute Gasteiger partial charge is 0.416 e. The monoisotopic (exact) mass is 473 g/mol. The van der Waals surface area contributed by atoms with Crippen molar-refractivity contribution in [3.63, 3.8) is 0 Å². The lowest BCUT2D eigenvalue weighted by atomic mass is 10.0. The van der Waals surface area contributed by atoms with Gasteiger partial charge in [-0.3, -0.25) is 4.90 Å². The summed E-state index contributed by atoms with van der Waals surface area (Å²) in [4.78, 5) is 6.67. The van der Waals surface area contributed by atoms with Crippen LogP contribution in [0.15, 0.2) is 36.2 Å². The van der Waals surface area contributed by atoms with Crippen molar-refractivity contribution < 1.29 is 13.2 Å². The normalized spacial score (nSPS) is 19.4. The maximum Gasteiger partial charge on any atom is 0.416 e. The van der Waals surface area contributed by atoms with Gasteiger partial charge in [-0.15, -0.1) is 0 Å². The van der Waals surface area contributed by atoms with E-state index in [1.54, 1.807) is 6.07 Å². The molecule has 2 aliphatic heterocycles. The zero-order chi connectivity index (χ0) is 23.9. The van der Waals surface area contributed by atoms with Crippen LogP contribution in [0, 0.1) is 0 Å². The van der Waals surface area contributed by atoms with Crippen molar-refractivity contribution >= 4 is 11.5 Å². The second kappa shape index (κ2) is 9.29. The molecule has 1 aromatic carbocycles. The maximum atomic E-state index is 13.9. The number of hydrogen-bond acceptors (Lipinski definition) is 4. The van der Waals surface area contributed by atoms with Gasteiger partial charge in [0, 0.05) is 63.3 Å². The van der Waals surface area contributed by atoms with Gasteiger partial charge < -0.3 is 9.80 Å². The minimum atomic E-state index is -4.34. The number of rotatable bonds is 6. The van der Waals surface area contributed by atoms with Gasteiger partial charge in [-0.2, -0.15) is 18.3 Å². The van der Waals surface area contributed by atoms with Crippen LogP contribution in [0.25, 0.3) is 5.82 Å². The Bertz CT molecular complexity index is 1030. The number of nitrogens with zero attached hydrogens (tertiary/aromatic N) is 5. The average molecular weight is 474 g/mol. The Kier molecular flexibility index (Phi) is 6.35. The van der Waals surface area contributed by atoms with Gasteiger partial charge in [0.05, 0.1) is 11.8 Å². The predicted octanol–water partition coefficient (Wildman–Crippen LogP) is 5.41. The van der Waals surface area contributed by atoms with Gasteiger partial charge in [0.2, 0.25) is 0 Å². The van der Waals surface area contributed by atoms with Gasteiger partial charge in [-0.25, -0.2) is 4.68 Å². The van der Waals surface area contributed by atoms with Crippen LogP contribution in [-0.2, 0) is 12.7 Å². The molecule has 5 nitrogen and oxygen atoms in total.